The van der Waals surface area contributed by atoms with Crippen LogP contribution in [0.25, 0.3) is 0 Å². The highest BCUT2D eigenvalue weighted by atomic mass is 16.5. The average Bonchev–Trinajstić information content (AvgIpc) is 3.02. The lowest BCUT2D eigenvalue weighted by Gasteiger charge is -2.21. The Morgan fingerprint density at radius 3 is 2.65 bits per heavy atom. The van der Waals surface area contributed by atoms with E-state index in [9.17, 15) is 4.79 Å². The quantitative estimate of drug-likeness (QED) is 0.861. The van der Waals surface area contributed by atoms with Crippen LogP contribution in [0.3, 0.4) is 0 Å². The Hall–Kier alpha value is -2.11. The summed E-state index contributed by atoms with van der Waals surface area (Å²) in [5, 5.41) is 8.09. The molecule has 1 aliphatic carbocycles. The number of nitrogens with zero attached hydrogens (tertiary/aromatic N) is 3. The van der Waals surface area contributed by atoms with Crippen LogP contribution in [0.4, 0.5) is 0 Å². The Labute approximate surface area is 134 Å². The molecule has 3 heterocycles. The van der Waals surface area contributed by atoms with E-state index >= 15 is 0 Å². The van der Waals surface area contributed by atoms with E-state index in [2.05, 4.69) is 24.2 Å². The summed E-state index contributed by atoms with van der Waals surface area (Å²) in [4.78, 5) is 14.6. The maximum atomic E-state index is 12.8. The lowest BCUT2D eigenvalue weighted by atomic mass is 10.1. The third-order valence-electron chi connectivity index (χ3n) is 4.71. The zero-order valence-electron chi connectivity index (χ0n) is 13.5. The van der Waals surface area contributed by atoms with Crippen molar-refractivity contribution in [2.45, 2.75) is 57.4 Å². The molecule has 1 saturated heterocycles. The number of hydrogen-bond acceptors (Lipinski definition) is 5. The van der Waals surface area contributed by atoms with Crippen molar-refractivity contribution in [2.75, 3.05) is 6.54 Å². The highest BCUT2D eigenvalue weighted by Crippen LogP contribution is 2.40. The van der Waals surface area contributed by atoms with Crippen LogP contribution in [-0.2, 0) is 0 Å². The number of aromatic nitrogens is 2. The molecule has 0 aromatic carbocycles. The smallest absolute Gasteiger partial charge is 0.276 e. The van der Waals surface area contributed by atoms with E-state index in [4.69, 9.17) is 9.05 Å². The maximum absolute atomic E-state index is 12.8. The molecule has 4 rings (SSSR count). The Morgan fingerprint density at radius 2 is 1.96 bits per heavy atom. The number of hydrogen-bond donors (Lipinski definition) is 0. The minimum Gasteiger partial charge on any atom is -0.360 e. The normalized spacial score (nSPS) is 21.3. The van der Waals surface area contributed by atoms with Gasteiger partial charge >= 0.3 is 0 Å². The van der Waals surface area contributed by atoms with Gasteiger partial charge in [0.15, 0.2) is 11.5 Å². The zero-order valence-corrected chi connectivity index (χ0v) is 13.5. The first-order chi connectivity index (χ1) is 11.1. The lowest BCUT2D eigenvalue weighted by Crippen LogP contribution is -2.30. The number of rotatable bonds is 4. The van der Waals surface area contributed by atoms with Crippen molar-refractivity contribution in [2.24, 2.45) is 0 Å². The summed E-state index contributed by atoms with van der Waals surface area (Å²) in [6, 6.07) is 3.72. The summed E-state index contributed by atoms with van der Waals surface area (Å²) < 4.78 is 10.8. The summed E-state index contributed by atoms with van der Waals surface area (Å²) in [6.07, 6.45) is 4.11. The van der Waals surface area contributed by atoms with Gasteiger partial charge in [-0.15, -0.1) is 0 Å². The van der Waals surface area contributed by atoms with Crippen molar-refractivity contribution in [1.82, 2.24) is 15.2 Å². The number of carbonyl (C=O) groups is 1. The second kappa shape index (κ2) is 5.51. The van der Waals surface area contributed by atoms with E-state index < -0.39 is 0 Å². The van der Waals surface area contributed by atoms with Crippen molar-refractivity contribution in [3.05, 3.63) is 35.0 Å². The Kier molecular flexibility index (Phi) is 3.47. The van der Waals surface area contributed by atoms with E-state index in [-0.39, 0.29) is 11.9 Å². The molecule has 6 heteroatoms. The van der Waals surface area contributed by atoms with E-state index in [1.165, 1.54) is 0 Å². The molecule has 2 aromatic heterocycles. The summed E-state index contributed by atoms with van der Waals surface area (Å²) >= 11 is 0. The molecule has 23 heavy (non-hydrogen) atoms. The van der Waals surface area contributed by atoms with E-state index in [1.807, 2.05) is 11.0 Å². The predicted octanol–water partition coefficient (Wildman–Crippen LogP) is 3.64. The minimum atomic E-state index is -0.0781. The topological polar surface area (TPSA) is 72.4 Å². The molecule has 2 aromatic rings. The predicted molar refractivity (Wildman–Crippen MR) is 82.1 cm³/mol. The van der Waals surface area contributed by atoms with Crippen LogP contribution < -0.4 is 0 Å². The molecular weight excluding hydrogens is 294 g/mol. The monoisotopic (exact) mass is 315 g/mol. The average molecular weight is 315 g/mol. The highest BCUT2D eigenvalue weighted by molar-refractivity contribution is 5.92. The Balaban J connectivity index is 1.54. The van der Waals surface area contributed by atoms with Gasteiger partial charge in [0.25, 0.3) is 5.91 Å². The van der Waals surface area contributed by atoms with Gasteiger partial charge in [-0.3, -0.25) is 4.79 Å². The van der Waals surface area contributed by atoms with Crippen molar-refractivity contribution in [3.63, 3.8) is 0 Å². The van der Waals surface area contributed by atoms with Crippen molar-refractivity contribution < 1.29 is 13.8 Å². The maximum Gasteiger partial charge on any atom is 0.276 e. The van der Waals surface area contributed by atoms with Crippen LogP contribution in [0.2, 0.25) is 0 Å². The van der Waals surface area contributed by atoms with Gasteiger partial charge < -0.3 is 13.9 Å². The van der Waals surface area contributed by atoms with Crippen LogP contribution in [-0.4, -0.2) is 27.7 Å². The molecule has 2 fully saturated rings. The van der Waals surface area contributed by atoms with E-state index in [1.54, 1.807) is 6.07 Å². The fourth-order valence-corrected chi connectivity index (χ4v) is 3.14. The number of likely N-dealkylation sites (tertiary alicyclic amines) is 1. The van der Waals surface area contributed by atoms with E-state index in [0.29, 0.717) is 24.1 Å². The van der Waals surface area contributed by atoms with Gasteiger partial charge in [0, 0.05) is 24.6 Å². The van der Waals surface area contributed by atoms with E-state index in [0.717, 1.165) is 42.9 Å². The molecule has 122 valence electrons. The number of carbonyl (C=O) groups excluding carboxylic acids is 1. The highest BCUT2D eigenvalue weighted by Gasteiger charge is 2.36. The molecule has 1 saturated carbocycles. The molecule has 0 unspecified atom stereocenters. The van der Waals surface area contributed by atoms with Gasteiger partial charge in [-0.05, 0) is 31.6 Å². The van der Waals surface area contributed by atoms with Crippen molar-refractivity contribution in [1.29, 1.82) is 0 Å². The zero-order chi connectivity index (χ0) is 16.0. The molecule has 1 aliphatic heterocycles. The third kappa shape index (κ3) is 2.66. The summed E-state index contributed by atoms with van der Waals surface area (Å²) in [7, 11) is 0. The molecule has 2 aliphatic rings. The molecule has 1 amide bonds. The molecule has 0 N–H and O–H groups in total. The van der Waals surface area contributed by atoms with Crippen LogP contribution in [0.1, 0.15) is 85.1 Å². The first-order valence-corrected chi connectivity index (χ1v) is 8.37. The standard InChI is InChI=1S/C17H21N3O3/c1-10(2)12-8-16(23-18-12)14-4-3-7-20(14)17(21)13-9-15(22-19-13)11-5-6-11/h8-11,14H,3-7H2,1-2H3/t14-/m0/s1. The minimum absolute atomic E-state index is 0.0522. The third-order valence-corrected chi connectivity index (χ3v) is 4.71. The Bertz CT molecular complexity index is 714. The molecule has 0 bridgehead atoms. The van der Waals surface area contributed by atoms with Crippen LogP contribution in [0, 0.1) is 0 Å². The second-order valence-electron chi connectivity index (χ2n) is 6.85. The van der Waals surface area contributed by atoms with Gasteiger partial charge in [0.1, 0.15) is 5.76 Å². The van der Waals surface area contributed by atoms with Crippen LogP contribution in [0.5, 0.6) is 0 Å². The van der Waals surface area contributed by atoms with Crippen LogP contribution >= 0.6 is 0 Å². The fourth-order valence-electron chi connectivity index (χ4n) is 3.14. The van der Waals surface area contributed by atoms with Gasteiger partial charge in [-0.2, -0.15) is 0 Å². The van der Waals surface area contributed by atoms with Gasteiger partial charge in [-0.1, -0.05) is 24.2 Å². The van der Waals surface area contributed by atoms with Crippen molar-refractivity contribution in [3.8, 4) is 0 Å². The Morgan fingerprint density at radius 1 is 1.17 bits per heavy atom. The van der Waals surface area contributed by atoms with Crippen LogP contribution in [0.15, 0.2) is 21.2 Å². The molecule has 0 radical (unpaired) electrons. The second-order valence-corrected chi connectivity index (χ2v) is 6.85. The summed E-state index contributed by atoms with van der Waals surface area (Å²) in [5.74, 6) is 2.30. The number of amides is 1. The molecule has 0 spiro atoms. The first-order valence-electron chi connectivity index (χ1n) is 8.37. The fraction of sp³-hybridized carbons (Fsp3) is 0.588. The lowest BCUT2D eigenvalue weighted by molar-refractivity contribution is 0.0704. The first kappa shape index (κ1) is 14.5. The molecule has 1 atom stereocenters. The van der Waals surface area contributed by atoms with Crippen molar-refractivity contribution >= 4 is 5.91 Å². The van der Waals surface area contributed by atoms with Gasteiger partial charge in [0.05, 0.1) is 11.7 Å². The molecular formula is C17H21N3O3. The molecule has 6 nitrogen and oxygen atoms in total. The SMILES string of the molecule is CC(C)c1cc([C@@H]2CCCN2C(=O)c2cc(C3CC3)on2)on1. The summed E-state index contributed by atoms with van der Waals surface area (Å²) in [5.41, 5.74) is 1.33. The largest absolute Gasteiger partial charge is 0.360 e. The van der Waals surface area contributed by atoms with Gasteiger partial charge in [-0.25, -0.2) is 0 Å². The van der Waals surface area contributed by atoms with Gasteiger partial charge in [0.2, 0.25) is 0 Å². The summed E-state index contributed by atoms with van der Waals surface area (Å²) in [6.45, 7) is 4.87.